The van der Waals surface area contributed by atoms with Crippen molar-refractivity contribution in [2.24, 2.45) is 0 Å². The monoisotopic (exact) mass is 346 g/mol. The van der Waals surface area contributed by atoms with Crippen LogP contribution in [0.4, 0.5) is 0 Å². The van der Waals surface area contributed by atoms with Crippen LogP contribution in [0.15, 0.2) is 0 Å². The number of hydrogen-bond acceptors (Lipinski definition) is 0. The number of unbranched alkanes of at least 4 members (excludes halogenated alkanes) is 3. The van der Waals surface area contributed by atoms with Crippen LogP contribution in [-0.4, -0.2) is 25.2 Å². The molecular formula is C13H32IP. The summed E-state index contributed by atoms with van der Waals surface area (Å²) in [6, 6.07) is 0. The van der Waals surface area contributed by atoms with E-state index in [0.29, 0.717) is 0 Å². The Morgan fingerprint density at radius 3 is 1.13 bits per heavy atom. The molecule has 96 valence electrons. The van der Waals surface area contributed by atoms with Gasteiger partial charge in [0, 0.05) is 0 Å². The van der Waals surface area contributed by atoms with Crippen molar-refractivity contribution in [1.29, 1.82) is 0 Å². The molecule has 0 saturated heterocycles. The Hall–Kier alpha value is 1.16. The molecule has 0 aliphatic rings. The van der Waals surface area contributed by atoms with Gasteiger partial charge in [-0.2, -0.15) is 0 Å². The summed E-state index contributed by atoms with van der Waals surface area (Å²) >= 11 is 0. The average Bonchev–Trinajstić information content (AvgIpc) is 2.21. The van der Waals surface area contributed by atoms with E-state index < -0.39 is 7.26 Å². The van der Waals surface area contributed by atoms with Gasteiger partial charge >= 0.3 is 91.7 Å². The second kappa shape index (κ2) is 11.6. The fraction of sp³-hybridized carbons (Fsp3) is 1.00. The molecule has 15 heavy (non-hydrogen) atoms. The maximum Gasteiger partial charge on any atom is -0.107 e. The molecule has 0 N–H and O–H groups in total. The molecule has 0 aromatic heterocycles. The third-order valence-corrected chi connectivity index (χ3v) is 8.08. The topological polar surface area (TPSA) is 0 Å². The Morgan fingerprint density at radius 2 is 0.933 bits per heavy atom. The minimum atomic E-state index is -0.812. The molecule has 0 aromatic rings. The van der Waals surface area contributed by atoms with Crippen molar-refractivity contribution in [2.75, 3.05) is 25.2 Å². The van der Waals surface area contributed by atoms with Crippen molar-refractivity contribution in [2.45, 2.75) is 59.3 Å². The van der Waals surface area contributed by atoms with Crippen molar-refractivity contribution >= 4 is 31.2 Å². The van der Waals surface area contributed by atoms with Gasteiger partial charge in [0.15, 0.2) is 0 Å². The van der Waals surface area contributed by atoms with Crippen LogP contribution in [0.5, 0.6) is 0 Å². The SMILES string of the molecule is CCCC[PH](C)(CCCC)CCCC.I. The van der Waals surface area contributed by atoms with E-state index in [4.69, 9.17) is 0 Å². The molecule has 0 fully saturated rings. The van der Waals surface area contributed by atoms with E-state index in [1.54, 1.807) is 18.5 Å². The largest absolute Gasteiger partial charge is 0.107 e. The van der Waals surface area contributed by atoms with Gasteiger partial charge in [0.2, 0.25) is 0 Å². The predicted octanol–water partition coefficient (Wildman–Crippen LogP) is 5.38. The zero-order chi connectivity index (χ0) is 10.9. The quantitative estimate of drug-likeness (QED) is 0.388. The van der Waals surface area contributed by atoms with Crippen LogP contribution in [0.25, 0.3) is 0 Å². The van der Waals surface area contributed by atoms with Gasteiger partial charge in [-0.1, -0.05) is 0 Å². The molecule has 2 heteroatoms. The van der Waals surface area contributed by atoms with E-state index in [0.717, 1.165) is 0 Å². The second-order valence-corrected chi connectivity index (χ2v) is 10.2. The molecule has 0 heterocycles. The summed E-state index contributed by atoms with van der Waals surface area (Å²) in [5, 5.41) is 0. The third kappa shape index (κ3) is 10.1. The van der Waals surface area contributed by atoms with Crippen LogP contribution in [0.1, 0.15) is 59.3 Å². The molecule has 0 aliphatic carbocycles. The number of rotatable bonds is 9. The summed E-state index contributed by atoms with van der Waals surface area (Å²) in [6.45, 7) is 9.63. The van der Waals surface area contributed by atoms with E-state index in [1.165, 1.54) is 38.5 Å². The van der Waals surface area contributed by atoms with Gasteiger partial charge in [-0.3, -0.25) is 0 Å². The van der Waals surface area contributed by atoms with Crippen LogP contribution in [0, 0.1) is 0 Å². The van der Waals surface area contributed by atoms with Gasteiger partial charge in [-0.05, 0) is 0 Å². The Balaban J connectivity index is 0. The standard InChI is InChI=1S/C13H31P.HI/c1-5-8-11-14(4,12-9-6-2)13-10-7-3;/h14H,5-13H2,1-4H3;1H. The molecular weight excluding hydrogens is 314 g/mol. The summed E-state index contributed by atoms with van der Waals surface area (Å²) < 4.78 is 0. The molecule has 0 aliphatic heterocycles. The first-order valence-corrected chi connectivity index (χ1v) is 9.80. The molecule has 0 spiro atoms. The van der Waals surface area contributed by atoms with E-state index in [-0.39, 0.29) is 24.0 Å². The van der Waals surface area contributed by atoms with E-state index in [2.05, 4.69) is 27.4 Å². The molecule has 0 saturated carbocycles. The summed E-state index contributed by atoms with van der Waals surface area (Å²) in [4.78, 5) is 0. The van der Waals surface area contributed by atoms with Gasteiger partial charge in [0.25, 0.3) is 0 Å². The minimum absolute atomic E-state index is 0. The molecule has 0 unspecified atom stereocenters. The van der Waals surface area contributed by atoms with Crippen LogP contribution < -0.4 is 0 Å². The zero-order valence-electron chi connectivity index (χ0n) is 11.3. The number of hydrogen-bond donors (Lipinski definition) is 0. The van der Waals surface area contributed by atoms with E-state index in [9.17, 15) is 0 Å². The van der Waals surface area contributed by atoms with Gasteiger partial charge in [-0.25, -0.2) is 0 Å². The Kier molecular flexibility index (Phi) is 14.4. The molecule has 0 bridgehead atoms. The normalized spacial score (nSPS) is 12.3. The first-order valence-electron chi connectivity index (χ1n) is 6.68. The van der Waals surface area contributed by atoms with E-state index in [1.807, 2.05) is 0 Å². The smallest absolute Gasteiger partial charge is 0.107 e. The Bertz CT molecular complexity index is 104. The minimum Gasteiger partial charge on any atom is -0.107 e. The average molecular weight is 346 g/mol. The van der Waals surface area contributed by atoms with E-state index >= 15 is 0 Å². The van der Waals surface area contributed by atoms with Crippen molar-refractivity contribution in [3.8, 4) is 0 Å². The maximum absolute atomic E-state index is 2.65. The van der Waals surface area contributed by atoms with Crippen molar-refractivity contribution in [3.63, 3.8) is 0 Å². The van der Waals surface area contributed by atoms with Crippen molar-refractivity contribution in [3.05, 3.63) is 0 Å². The van der Waals surface area contributed by atoms with Crippen molar-refractivity contribution in [1.82, 2.24) is 0 Å². The predicted molar refractivity (Wildman–Crippen MR) is 89.0 cm³/mol. The van der Waals surface area contributed by atoms with Gasteiger partial charge in [0.1, 0.15) is 0 Å². The Morgan fingerprint density at radius 1 is 0.667 bits per heavy atom. The summed E-state index contributed by atoms with van der Waals surface area (Å²) in [5.74, 6) is 0. The van der Waals surface area contributed by atoms with Gasteiger partial charge in [-0.15, -0.1) is 24.0 Å². The second-order valence-electron chi connectivity index (χ2n) is 5.12. The summed E-state index contributed by atoms with van der Waals surface area (Å²) in [7, 11) is -0.812. The van der Waals surface area contributed by atoms with Crippen LogP contribution in [-0.2, 0) is 0 Å². The molecule has 0 radical (unpaired) electrons. The molecule has 0 atom stereocenters. The summed E-state index contributed by atoms with van der Waals surface area (Å²) in [5.41, 5.74) is 0. The molecule has 0 nitrogen and oxygen atoms in total. The fourth-order valence-electron chi connectivity index (χ4n) is 2.19. The van der Waals surface area contributed by atoms with Crippen molar-refractivity contribution < 1.29 is 0 Å². The van der Waals surface area contributed by atoms with Gasteiger partial charge < -0.3 is 0 Å². The third-order valence-electron chi connectivity index (χ3n) is 3.40. The first kappa shape index (κ1) is 18.5. The van der Waals surface area contributed by atoms with Crippen LogP contribution in [0.2, 0.25) is 0 Å². The molecule has 0 aromatic carbocycles. The first-order chi connectivity index (χ1) is 6.68. The van der Waals surface area contributed by atoms with Crippen LogP contribution >= 0.6 is 31.2 Å². The summed E-state index contributed by atoms with van der Waals surface area (Å²) in [6.07, 6.45) is 13.4. The zero-order valence-corrected chi connectivity index (χ0v) is 14.6. The fourth-order valence-corrected chi connectivity index (χ4v) is 6.56. The molecule has 0 rings (SSSR count). The maximum atomic E-state index is 2.65. The Labute approximate surface area is 115 Å². The van der Waals surface area contributed by atoms with Gasteiger partial charge in [0.05, 0.1) is 0 Å². The number of halogens is 1. The van der Waals surface area contributed by atoms with Crippen LogP contribution in [0.3, 0.4) is 0 Å². The molecule has 0 amide bonds.